The van der Waals surface area contributed by atoms with Crippen molar-refractivity contribution in [3.05, 3.63) is 58.7 Å². The van der Waals surface area contributed by atoms with E-state index >= 15 is 0 Å². The van der Waals surface area contributed by atoms with E-state index in [9.17, 15) is 17.6 Å². The fraction of sp³-hybridized carbons (Fsp3) is 0.312. The van der Waals surface area contributed by atoms with Crippen LogP contribution in [0.1, 0.15) is 39.5 Å². The van der Waals surface area contributed by atoms with E-state index in [2.05, 4.69) is 0 Å². The van der Waals surface area contributed by atoms with Gasteiger partial charge in [-0.25, -0.2) is 16.8 Å². The van der Waals surface area contributed by atoms with E-state index in [1.165, 1.54) is 12.3 Å². The van der Waals surface area contributed by atoms with Gasteiger partial charge in [-0.1, -0.05) is 18.2 Å². The van der Waals surface area contributed by atoms with Crippen molar-refractivity contribution in [1.29, 1.82) is 0 Å². The molecule has 2 aromatic rings. The third kappa shape index (κ3) is 2.37. The molecule has 4 nitrogen and oxygen atoms in total. The number of aromatic nitrogens is 1. The van der Waals surface area contributed by atoms with Crippen LogP contribution in [0.25, 0.3) is 0 Å². The van der Waals surface area contributed by atoms with Gasteiger partial charge in [-0.15, -0.1) is 0 Å². The summed E-state index contributed by atoms with van der Waals surface area (Å²) in [5.41, 5.74) is 2.04. The molecule has 0 spiro atoms. The number of hydrogen-bond acceptors (Lipinski definition) is 3. The van der Waals surface area contributed by atoms with E-state index in [1.54, 1.807) is 25.1 Å². The predicted molar refractivity (Wildman–Crippen MR) is 81.2 cm³/mol. The van der Waals surface area contributed by atoms with Crippen molar-refractivity contribution in [2.75, 3.05) is 6.26 Å². The summed E-state index contributed by atoms with van der Waals surface area (Å²) in [5, 5.41) is 0. The number of nitrogens with zero attached hydrogens (tertiary/aromatic N) is 1. The van der Waals surface area contributed by atoms with E-state index < -0.39 is 10.0 Å². The summed E-state index contributed by atoms with van der Waals surface area (Å²) in [7, 11) is -3.49. The second kappa shape index (κ2) is 5.05. The summed E-state index contributed by atoms with van der Waals surface area (Å²) in [4.78, 5) is 12.4. The molecule has 0 bridgehead atoms. The largest absolute Gasteiger partial charge is 0.294 e. The molecule has 116 valence electrons. The Kier molecular flexibility index (Phi) is 3.44. The molecule has 0 amide bonds. The molecule has 0 saturated heterocycles. The molecule has 1 heterocycles. The minimum atomic E-state index is -3.49. The average molecular weight is 321 g/mol. The van der Waals surface area contributed by atoms with Gasteiger partial charge in [0.05, 0.1) is 6.26 Å². The number of aryl methyl sites for hydroxylation is 1. The molecule has 1 aliphatic carbocycles. The second-order valence-electron chi connectivity index (χ2n) is 5.74. The van der Waals surface area contributed by atoms with Crippen LogP contribution in [0.5, 0.6) is 0 Å². The van der Waals surface area contributed by atoms with Crippen molar-refractivity contribution in [3.63, 3.8) is 0 Å². The lowest BCUT2D eigenvalue weighted by Gasteiger charge is -2.24. The van der Waals surface area contributed by atoms with E-state index in [1.807, 2.05) is 0 Å². The first-order chi connectivity index (χ1) is 10.3. The van der Waals surface area contributed by atoms with Gasteiger partial charge < -0.3 is 0 Å². The Bertz CT molecular complexity index is 868. The van der Waals surface area contributed by atoms with Gasteiger partial charge in [0, 0.05) is 23.9 Å². The number of carbonyl (C=O) groups is 1. The normalized spacial score (nSPS) is 18.3. The average Bonchev–Trinajstić information content (AvgIpc) is 2.77. The van der Waals surface area contributed by atoms with Gasteiger partial charge in [0.2, 0.25) is 10.0 Å². The number of halogens is 1. The molecule has 1 aromatic heterocycles. The van der Waals surface area contributed by atoms with Crippen LogP contribution in [0.4, 0.5) is 4.39 Å². The van der Waals surface area contributed by atoms with Crippen LogP contribution >= 0.6 is 0 Å². The van der Waals surface area contributed by atoms with Gasteiger partial charge in [0.1, 0.15) is 5.82 Å². The Hall–Kier alpha value is -1.95. The molecule has 3 rings (SSSR count). The van der Waals surface area contributed by atoms with E-state index in [4.69, 9.17) is 0 Å². The fourth-order valence-electron chi connectivity index (χ4n) is 3.18. The van der Waals surface area contributed by atoms with Crippen molar-refractivity contribution in [2.45, 2.75) is 25.7 Å². The lowest BCUT2D eigenvalue weighted by atomic mass is 9.81. The van der Waals surface area contributed by atoms with Crippen molar-refractivity contribution < 1.29 is 17.6 Å². The van der Waals surface area contributed by atoms with Gasteiger partial charge in [-0.2, -0.15) is 0 Å². The number of fused-ring (bicyclic) bond motifs is 1. The van der Waals surface area contributed by atoms with E-state index in [0.29, 0.717) is 28.8 Å². The van der Waals surface area contributed by atoms with E-state index in [0.717, 1.165) is 10.2 Å². The molecule has 1 aromatic carbocycles. The summed E-state index contributed by atoms with van der Waals surface area (Å²) in [6, 6.07) is 6.33. The Morgan fingerprint density at radius 3 is 2.55 bits per heavy atom. The SMILES string of the molecule is Cc1cn(S(C)(=O)=O)c2c1C(=O)CC(c1ccccc1F)C2. The highest BCUT2D eigenvalue weighted by atomic mass is 32.2. The van der Waals surface area contributed by atoms with Gasteiger partial charge in [-0.3, -0.25) is 4.79 Å². The highest BCUT2D eigenvalue weighted by Gasteiger charge is 2.33. The van der Waals surface area contributed by atoms with Gasteiger partial charge >= 0.3 is 0 Å². The smallest absolute Gasteiger partial charge is 0.235 e. The predicted octanol–water partition coefficient (Wildman–Crippen LogP) is 2.66. The Morgan fingerprint density at radius 2 is 1.91 bits per heavy atom. The molecule has 0 fully saturated rings. The highest BCUT2D eigenvalue weighted by molar-refractivity contribution is 7.89. The summed E-state index contributed by atoms with van der Waals surface area (Å²) in [6.07, 6.45) is 3.11. The zero-order valence-electron chi connectivity index (χ0n) is 12.3. The minimum Gasteiger partial charge on any atom is -0.294 e. The van der Waals surface area contributed by atoms with Crippen molar-refractivity contribution in [3.8, 4) is 0 Å². The molecular formula is C16H16FNO3S. The second-order valence-corrected chi connectivity index (χ2v) is 7.60. The molecule has 1 atom stereocenters. The highest BCUT2D eigenvalue weighted by Crippen LogP contribution is 2.36. The topological polar surface area (TPSA) is 56.1 Å². The van der Waals surface area contributed by atoms with Crippen molar-refractivity contribution in [1.82, 2.24) is 3.97 Å². The summed E-state index contributed by atoms with van der Waals surface area (Å²) < 4.78 is 39.0. The first kappa shape index (κ1) is 15.0. The quantitative estimate of drug-likeness (QED) is 0.854. The molecule has 22 heavy (non-hydrogen) atoms. The molecule has 1 unspecified atom stereocenters. The van der Waals surface area contributed by atoms with Crippen LogP contribution in [-0.2, 0) is 16.4 Å². The Morgan fingerprint density at radius 1 is 1.23 bits per heavy atom. The van der Waals surface area contributed by atoms with Crippen LogP contribution in [0.2, 0.25) is 0 Å². The molecule has 1 aliphatic rings. The maximum absolute atomic E-state index is 14.0. The molecule has 0 saturated carbocycles. The number of benzene rings is 1. The number of Topliss-reactive ketones (excluding diaryl/α,β-unsaturated/α-hetero) is 1. The maximum Gasteiger partial charge on any atom is 0.235 e. The van der Waals surface area contributed by atoms with Crippen molar-refractivity contribution in [2.24, 2.45) is 0 Å². The molecular weight excluding hydrogens is 305 g/mol. The summed E-state index contributed by atoms with van der Waals surface area (Å²) in [5.74, 6) is -0.830. The maximum atomic E-state index is 14.0. The van der Waals surface area contributed by atoms with E-state index in [-0.39, 0.29) is 23.9 Å². The van der Waals surface area contributed by atoms with Crippen LogP contribution in [0.3, 0.4) is 0 Å². The molecule has 0 aliphatic heterocycles. The Labute approximate surface area is 128 Å². The standard InChI is InChI=1S/C16H16FNO3S/c1-10-9-18(22(2,20)21)14-7-11(8-15(19)16(10)14)12-5-3-4-6-13(12)17/h3-6,9,11H,7-8H2,1-2H3. The third-order valence-corrected chi connectivity index (χ3v) is 5.15. The number of rotatable bonds is 2. The van der Waals surface area contributed by atoms with Crippen molar-refractivity contribution >= 4 is 15.8 Å². The molecule has 6 heteroatoms. The lowest BCUT2D eigenvalue weighted by molar-refractivity contribution is 0.0963. The van der Waals surface area contributed by atoms with Crippen LogP contribution in [0, 0.1) is 12.7 Å². The first-order valence-corrected chi connectivity index (χ1v) is 8.83. The molecule has 0 radical (unpaired) electrons. The zero-order chi connectivity index (χ0) is 16.1. The monoisotopic (exact) mass is 321 g/mol. The first-order valence-electron chi connectivity index (χ1n) is 6.98. The van der Waals surface area contributed by atoms with Gasteiger partial charge in [-0.05, 0) is 36.5 Å². The lowest BCUT2D eigenvalue weighted by Crippen LogP contribution is -2.23. The van der Waals surface area contributed by atoms with Gasteiger partial charge in [0.15, 0.2) is 5.78 Å². The van der Waals surface area contributed by atoms with Crippen LogP contribution in [0.15, 0.2) is 30.5 Å². The van der Waals surface area contributed by atoms with Crippen LogP contribution < -0.4 is 0 Å². The van der Waals surface area contributed by atoms with Gasteiger partial charge in [0.25, 0.3) is 0 Å². The molecule has 0 N–H and O–H groups in total. The summed E-state index contributed by atoms with van der Waals surface area (Å²) in [6.45, 7) is 1.72. The number of hydrogen-bond donors (Lipinski definition) is 0. The minimum absolute atomic E-state index is 0.130. The number of carbonyl (C=O) groups excluding carboxylic acids is 1. The fourth-order valence-corrected chi connectivity index (χ4v) is 4.10. The summed E-state index contributed by atoms with van der Waals surface area (Å²) >= 11 is 0. The zero-order valence-corrected chi connectivity index (χ0v) is 13.2. The van der Waals surface area contributed by atoms with Crippen LogP contribution in [-0.4, -0.2) is 24.4 Å². The third-order valence-electron chi connectivity index (χ3n) is 4.11. The Balaban J connectivity index is 2.13. The number of ketones is 1.